The van der Waals surface area contributed by atoms with Crippen molar-refractivity contribution in [1.29, 1.82) is 0 Å². The first-order chi connectivity index (χ1) is 13.1. The van der Waals surface area contributed by atoms with E-state index in [9.17, 15) is 4.39 Å². The Hall–Kier alpha value is -3.74. The van der Waals surface area contributed by atoms with Crippen molar-refractivity contribution in [2.45, 2.75) is 6.42 Å². The summed E-state index contributed by atoms with van der Waals surface area (Å²) in [5.41, 5.74) is 15.0. The van der Waals surface area contributed by atoms with Crippen LogP contribution in [0.4, 0.5) is 16.0 Å². The molecule has 0 aliphatic rings. The summed E-state index contributed by atoms with van der Waals surface area (Å²) >= 11 is 0. The largest absolute Gasteiger partial charge is 0.383 e. The smallest absolute Gasteiger partial charge is 0.170 e. The molecule has 4 rings (SSSR count). The highest BCUT2D eigenvalue weighted by Crippen LogP contribution is 2.29. The van der Waals surface area contributed by atoms with Crippen LogP contribution in [0.3, 0.4) is 0 Å². The number of halogens is 1. The fraction of sp³-hybridized carbons (Fsp3) is 0.0500. The minimum atomic E-state index is -0.348. The molecule has 0 spiro atoms. The molecule has 0 saturated carbocycles. The topological polar surface area (TPSA) is 104 Å². The Bertz CT molecular complexity index is 1110. The number of nitrogens with zero attached hydrogens (tertiary/aromatic N) is 3. The van der Waals surface area contributed by atoms with Crippen LogP contribution in [0.2, 0.25) is 0 Å². The molecule has 0 aliphatic heterocycles. The van der Waals surface area contributed by atoms with E-state index >= 15 is 0 Å². The molecule has 3 heterocycles. The first-order valence-corrected chi connectivity index (χ1v) is 8.27. The van der Waals surface area contributed by atoms with Crippen LogP contribution in [-0.2, 0) is 6.42 Å². The van der Waals surface area contributed by atoms with E-state index in [-0.39, 0.29) is 11.6 Å². The van der Waals surface area contributed by atoms with Crippen LogP contribution in [-0.4, -0.2) is 15.1 Å². The van der Waals surface area contributed by atoms with Gasteiger partial charge in [0.05, 0.1) is 11.3 Å². The van der Waals surface area contributed by atoms with Crippen molar-refractivity contribution in [1.82, 2.24) is 15.1 Å². The summed E-state index contributed by atoms with van der Waals surface area (Å²) < 4.78 is 19.5. The van der Waals surface area contributed by atoms with Gasteiger partial charge in [-0.2, -0.15) is 0 Å². The van der Waals surface area contributed by atoms with Crippen molar-refractivity contribution >= 4 is 11.6 Å². The first-order valence-electron chi connectivity index (χ1n) is 8.27. The van der Waals surface area contributed by atoms with Crippen LogP contribution in [0.1, 0.15) is 11.3 Å². The molecule has 0 unspecified atom stereocenters. The Labute approximate surface area is 154 Å². The summed E-state index contributed by atoms with van der Waals surface area (Å²) in [5.74, 6) is 0.830. The summed E-state index contributed by atoms with van der Waals surface area (Å²) in [7, 11) is 0. The SMILES string of the molecule is Nc1ncccc1-c1cc(Cc2cnc(N)c(-c3ccccc3F)c2)no1. The molecule has 27 heavy (non-hydrogen) atoms. The van der Waals surface area contributed by atoms with Gasteiger partial charge in [0.2, 0.25) is 0 Å². The van der Waals surface area contributed by atoms with Crippen LogP contribution >= 0.6 is 0 Å². The molecule has 0 atom stereocenters. The maximum atomic E-state index is 14.1. The lowest BCUT2D eigenvalue weighted by molar-refractivity contribution is 0.425. The monoisotopic (exact) mass is 361 g/mol. The fourth-order valence-corrected chi connectivity index (χ4v) is 2.87. The van der Waals surface area contributed by atoms with Gasteiger partial charge >= 0.3 is 0 Å². The normalized spacial score (nSPS) is 10.9. The number of nitrogens with two attached hydrogens (primary N) is 2. The van der Waals surface area contributed by atoms with E-state index in [4.69, 9.17) is 16.0 Å². The Morgan fingerprint density at radius 2 is 1.67 bits per heavy atom. The van der Waals surface area contributed by atoms with E-state index in [0.717, 1.165) is 5.56 Å². The maximum Gasteiger partial charge on any atom is 0.170 e. The molecule has 0 fully saturated rings. The average molecular weight is 361 g/mol. The van der Waals surface area contributed by atoms with Crippen molar-refractivity contribution in [2.24, 2.45) is 0 Å². The Kier molecular flexibility index (Phi) is 4.25. The van der Waals surface area contributed by atoms with Crippen LogP contribution in [0.25, 0.3) is 22.5 Å². The van der Waals surface area contributed by atoms with E-state index < -0.39 is 0 Å². The molecular formula is C20H16FN5O. The van der Waals surface area contributed by atoms with E-state index in [1.165, 1.54) is 6.07 Å². The zero-order valence-corrected chi connectivity index (χ0v) is 14.3. The molecule has 0 radical (unpaired) electrons. The summed E-state index contributed by atoms with van der Waals surface area (Å²) in [6.45, 7) is 0. The second-order valence-corrected chi connectivity index (χ2v) is 6.05. The molecule has 0 bridgehead atoms. The highest BCUT2D eigenvalue weighted by molar-refractivity contribution is 5.74. The van der Waals surface area contributed by atoms with E-state index in [2.05, 4.69) is 15.1 Å². The molecule has 6 nitrogen and oxygen atoms in total. The molecule has 0 amide bonds. The Morgan fingerprint density at radius 1 is 0.889 bits per heavy atom. The van der Waals surface area contributed by atoms with Gasteiger partial charge in [0.25, 0.3) is 0 Å². The third kappa shape index (κ3) is 3.35. The van der Waals surface area contributed by atoms with Gasteiger partial charge < -0.3 is 16.0 Å². The number of nitrogen functional groups attached to an aromatic ring is 2. The van der Waals surface area contributed by atoms with Gasteiger partial charge in [0.15, 0.2) is 5.76 Å². The van der Waals surface area contributed by atoms with Gasteiger partial charge in [-0.15, -0.1) is 0 Å². The molecule has 0 aliphatic carbocycles. The molecule has 1 aromatic carbocycles. The number of pyridine rings is 2. The van der Waals surface area contributed by atoms with Crippen molar-refractivity contribution < 1.29 is 8.91 Å². The van der Waals surface area contributed by atoms with Gasteiger partial charge in [-0.05, 0) is 29.8 Å². The summed E-state index contributed by atoms with van der Waals surface area (Å²) in [5, 5.41) is 4.08. The van der Waals surface area contributed by atoms with Crippen molar-refractivity contribution in [3.05, 3.63) is 78.0 Å². The molecule has 4 N–H and O–H groups in total. The van der Waals surface area contributed by atoms with E-state index in [1.807, 2.05) is 12.1 Å². The van der Waals surface area contributed by atoms with Gasteiger partial charge in [-0.3, -0.25) is 0 Å². The van der Waals surface area contributed by atoms with Crippen molar-refractivity contribution in [3.63, 3.8) is 0 Å². The molecule has 7 heteroatoms. The first kappa shape index (κ1) is 16.7. The number of aromatic nitrogens is 3. The molecule has 0 saturated heterocycles. The van der Waals surface area contributed by atoms with Crippen LogP contribution in [0, 0.1) is 5.82 Å². The number of anilines is 2. The van der Waals surface area contributed by atoms with Crippen LogP contribution in [0.5, 0.6) is 0 Å². The van der Waals surface area contributed by atoms with Gasteiger partial charge in [0.1, 0.15) is 17.5 Å². The predicted molar refractivity (Wildman–Crippen MR) is 101 cm³/mol. The molecule has 3 aromatic heterocycles. The summed E-state index contributed by atoms with van der Waals surface area (Å²) in [6.07, 6.45) is 3.71. The molecule has 4 aromatic rings. The van der Waals surface area contributed by atoms with Crippen LogP contribution in [0.15, 0.2) is 65.4 Å². The predicted octanol–water partition coefficient (Wildman–Crippen LogP) is 3.69. The van der Waals surface area contributed by atoms with Gasteiger partial charge in [-0.25, -0.2) is 14.4 Å². The third-order valence-electron chi connectivity index (χ3n) is 4.19. The average Bonchev–Trinajstić information content (AvgIpc) is 3.12. The van der Waals surface area contributed by atoms with E-state index in [0.29, 0.717) is 40.4 Å². The Morgan fingerprint density at radius 3 is 2.48 bits per heavy atom. The minimum Gasteiger partial charge on any atom is -0.383 e. The third-order valence-corrected chi connectivity index (χ3v) is 4.19. The van der Waals surface area contributed by atoms with Crippen LogP contribution < -0.4 is 11.5 Å². The van der Waals surface area contributed by atoms with Gasteiger partial charge in [0, 0.05) is 36.0 Å². The second kappa shape index (κ2) is 6.87. The van der Waals surface area contributed by atoms with E-state index in [1.54, 1.807) is 42.7 Å². The molecular weight excluding hydrogens is 345 g/mol. The number of rotatable bonds is 4. The maximum absolute atomic E-state index is 14.1. The zero-order valence-electron chi connectivity index (χ0n) is 14.3. The number of benzene rings is 1. The Balaban J connectivity index is 1.64. The molecule has 134 valence electrons. The fourth-order valence-electron chi connectivity index (χ4n) is 2.87. The zero-order chi connectivity index (χ0) is 18.8. The lowest BCUT2D eigenvalue weighted by Crippen LogP contribution is -1.98. The highest BCUT2D eigenvalue weighted by Gasteiger charge is 2.13. The quantitative estimate of drug-likeness (QED) is 0.574. The minimum absolute atomic E-state index is 0.271. The lowest BCUT2D eigenvalue weighted by Gasteiger charge is -2.08. The highest BCUT2D eigenvalue weighted by atomic mass is 19.1. The van der Waals surface area contributed by atoms with Crippen molar-refractivity contribution in [2.75, 3.05) is 11.5 Å². The van der Waals surface area contributed by atoms with Gasteiger partial charge in [-0.1, -0.05) is 23.4 Å². The lowest BCUT2D eigenvalue weighted by atomic mass is 10.0. The summed E-state index contributed by atoms with van der Waals surface area (Å²) in [4.78, 5) is 8.24. The van der Waals surface area contributed by atoms with Crippen molar-refractivity contribution in [3.8, 4) is 22.5 Å². The number of hydrogen-bond acceptors (Lipinski definition) is 6. The number of hydrogen-bond donors (Lipinski definition) is 2. The summed E-state index contributed by atoms with van der Waals surface area (Å²) in [6, 6.07) is 13.7. The second-order valence-electron chi connectivity index (χ2n) is 6.05. The standard InChI is InChI=1S/C20H16FN5O/c21-17-6-2-1-4-14(17)16-9-12(11-25-20(16)23)8-13-10-18(27-26-13)15-5-3-7-24-19(15)22/h1-7,9-11H,8H2,(H2,22,24)(H2,23,25).